The van der Waals surface area contributed by atoms with Gasteiger partial charge in [0.1, 0.15) is 11.6 Å². The Labute approximate surface area is 125 Å². The molecule has 0 aromatic carbocycles. The van der Waals surface area contributed by atoms with Crippen molar-refractivity contribution in [2.75, 3.05) is 24.2 Å². The number of hydrogen-bond donors (Lipinski definition) is 2. The van der Waals surface area contributed by atoms with Gasteiger partial charge < -0.3 is 10.6 Å². The summed E-state index contributed by atoms with van der Waals surface area (Å²) in [7, 11) is 1.80. The average Bonchev–Trinajstić information content (AvgIpc) is 2.40. The van der Waals surface area contributed by atoms with Crippen LogP contribution >= 0.6 is 23.2 Å². The summed E-state index contributed by atoms with van der Waals surface area (Å²) in [6, 6.07) is 1.73. The molecule has 2 rings (SSSR count). The molecule has 1 fully saturated rings. The van der Waals surface area contributed by atoms with Gasteiger partial charge in [0.25, 0.3) is 0 Å². The van der Waals surface area contributed by atoms with E-state index in [1.165, 1.54) is 25.7 Å². The van der Waals surface area contributed by atoms with Crippen LogP contribution in [0.25, 0.3) is 0 Å². The Kier molecular flexibility index (Phi) is 5.17. The Morgan fingerprint density at radius 3 is 2.42 bits per heavy atom. The number of aromatic nitrogens is 1. The van der Waals surface area contributed by atoms with Gasteiger partial charge >= 0.3 is 0 Å². The molecule has 1 aromatic rings. The first kappa shape index (κ1) is 14.7. The number of anilines is 2. The van der Waals surface area contributed by atoms with E-state index in [2.05, 4.69) is 22.5 Å². The van der Waals surface area contributed by atoms with Gasteiger partial charge in [0.05, 0.1) is 10.0 Å². The lowest BCUT2D eigenvalue weighted by atomic mass is 9.83. The Bertz CT molecular complexity index is 429. The number of rotatable bonds is 4. The Hall–Kier alpha value is -0.670. The summed E-state index contributed by atoms with van der Waals surface area (Å²) in [4.78, 5) is 4.40. The maximum absolute atomic E-state index is 6.16. The molecule has 0 aliphatic heterocycles. The first-order valence-corrected chi connectivity index (χ1v) is 7.63. The van der Waals surface area contributed by atoms with Crippen LogP contribution in [0, 0.1) is 11.8 Å². The summed E-state index contributed by atoms with van der Waals surface area (Å²) in [5.74, 6) is 2.98. The predicted octanol–water partition coefficient (Wildman–Crippen LogP) is 4.67. The van der Waals surface area contributed by atoms with Gasteiger partial charge in [-0.3, -0.25) is 0 Å². The van der Waals surface area contributed by atoms with Crippen molar-refractivity contribution in [3.8, 4) is 0 Å². The number of pyridine rings is 1. The highest BCUT2D eigenvalue weighted by Gasteiger charge is 2.18. The monoisotopic (exact) mass is 301 g/mol. The van der Waals surface area contributed by atoms with Crippen molar-refractivity contribution >= 4 is 34.8 Å². The Balaban J connectivity index is 1.95. The molecule has 5 heteroatoms. The minimum Gasteiger partial charge on any atom is -0.372 e. The van der Waals surface area contributed by atoms with Crippen LogP contribution in [0.15, 0.2) is 6.07 Å². The van der Waals surface area contributed by atoms with E-state index in [-0.39, 0.29) is 0 Å². The minimum atomic E-state index is 0.546. The van der Waals surface area contributed by atoms with E-state index in [0.717, 1.165) is 18.4 Å². The van der Waals surface area contributed by atoms with Gasteiger partial charge in [-0.1, -0.05) is 43.0 Å². The van der Waals surface area contributed by atoms with Crippen LogP contribution in [-0.2, 0) is 0 Å². The summed E-state index contributed by atoms with van der Waals surface area (Å²) in [5.41, 5.74) is 0. The fourth-order valence-corrected chi connectivity index (χ4v) is 3.06. The molecule has 0 radical (unpaired) electrons. The van der Waals surface area contributed by atoms with Crippen LogP contribution in [0.3, 0.4) is 0 Å². The summed E-state index contributed by atoms with van der Waals surface area (Å²) in [6.45, 7) is 3.27. The van der Waals surface area contributed by atoms with Gasteiger partial charge in [0.2, 0.25) is 0 Å². The molecule has 0 atom stereocenters. The summed E-state index contributed by atoms with van der Waals surface area (Å²) < 4.78 is 0. The number of halogens is 2. The SMILES string of the molecule is CNc1nc(NCC2CCC(C)CC2)c(Cl)cc1Cl. The van der Waals surface area contributed by atoms with Crippen molar-refractivity contribution in [1.82, 2.24) is 4.98 Å². The van der Waals surface area contributed by atoms with Crippen LogP contribution in [0.1, 0.15) is 32.6 Å². The fraction of sp³-hybridized carbons (Fsp3) is 0.643. The number of hydrogen-bond acceptors (Lipinski definition) is 3. The molecule has 106 valence electrons. The zero-order valence-corrected chi connectivity index (χ0v) is 13.0. The van der Waals surface area contributed by atoms with E-state index in [1.54, 1.807) is 13.1 Å². The highest BCUT2D eigenvalue weighted by Crippen LogP contribution is 2.31. The van der Waals surface area contributed by atoms with Gasteiger partial charge in [-0.15, -0.1) is 0 Å². The lowest BCUT2D eigenvalue weighted by Gasteiger charge is -2.26. The lowest BCUT2D eigenvalue weighted by Crippen LogP contribution is -2.20. The third-order valence-corrected chi connectivity index (χ3v) is 4.44. The Morgan fingerprint density at radius 1 is 1.16 bits per heavy atom. The molecule has 1 saturated carbocycles. The molecule has 2 N–H and O–H groups in total. The molecule has 0 amide bonds. The van der Waals surface area contributed by atoms with Gasteiger partial charge in [-0.25, -0.2) is 4.98 Å². The predicted molar refractivity (Wildman–Crippen MR) is 83.4 cm³/mol. The second-order valence-electron chi connectivity index (χ2n) is 5.41. The minimum absolute atomic E-state index is 0.546. The summed E-state index contributed by atoms with van der Waals surface area (Å²) in [6.07, 6.45) is 5.24. The van der Waals surface area contributed by atoms with Crippen molar-refractivity contribution < 1.29 is 0 Å². The molecule has 3 nitrogen and oxygen atoms in total. The van der Waals surface area contributed by atoms with Crippen molar-refractivity contribution in [3.63, 3.8) is 0 Å². The van der Waals surface area contributed by atoms with Crippen LogP contribution in [0.4, 0.5) is 11.6 Å². The third kappa shape index (κ3) is 3.90. The van der Waals surface area contributed by atoms with E-state index in [0.29, 0.717) is 21.7 Å². The smallest absolute Gasteiger partial charge is 0.147 e. The van der Waals surface area contributed by atoms with Crippen LogP contribution < -0.4 is 10.6 Å². The maximum atomic E-state index is 6.16. The molecule has 0 unspecified atom stereocenters. The number of nitrogens with zero attached hydrogens (tertiary/aromatic N) is 1. The maximum Gasteiger partial charge on any atom is 0.147 e. The van der Waals surface area contributed by atoms with Crippen LogP contribution in [0.5, 0.6) is 0 Å². The average molecular weight is 302 g/mol. The van der Waals surface area contributed by atoms with E-state index in [1.807, 2.05) is 0 Å². The standard InChI is InChI=1S/C14H21Cl2N3/c1-9-3-5-10(6-4-9)8-18-14-12(16)7-11(15)13(17-2)19-14/h7,9-10H,3-6,8H2,1-2H3,(H2,17,18,19). The topological polar surface area (TPSA) is 37.0 Å². The zero-order chi connectivity index (χ0) is 13.8. The van der Waals surface area contributed by atoms with E-state index in [9.17, 15) is 0 Å². The van der Waals surface area contributed by atoms with E-state index >= 15 is 0 Å². The molecule has 1 aliphatic carbocycles. The molecule has 0 saturated heterocycles. The van der Waals surface area contributed by atoms with Crippen molar-refractivity contribution in [3.05, 3.63) is 16.1 Å². The molecule has 0 bridgehead atoms. The van der Waals surface area contributed by atoms with E-state index in [4.69, 9.17) is 23.2 Å². The summed E-state index contributed by atoms with van der Waals surface area (Å²) in [5, 5.41) is 7.45. The second-order valence-corrected chi connectivity index (χ2v) is 6.22. The quantitative estimate of drug-likeness (QED) is 0.848. The second kappa shape index (κ2) is 6.67. The molecule has 1 heterocycles. The molecule has 1 aromatic heterocycles. The first-order chi connectivity index (χ1) is 9.10. The number of nitrogens with one attached hydrogen (secondary N) is 2. The first-order valence-electron chi connectivity index (χ1n) is 6.87. The van der Waals surface area contributed by atoms with E-state index < -0.39 is 0 Å². The van der Waals surface area contributed by atoms with Gasteiger partial charge in [0, 0.05) is 13.6 Å². The van der Waals surface area contributed by atoms with Gasteiger partial charge in [-0.05, 0) is 30.7 Å². The highest BCUT2D eigenvalue weighted by atomic mass is 35.5. The normalized spacial score (nSPS) is 23.2. The van der Waals surface area contributed by atoms with Crippen molar-refractivity contribution in [2.45, 2.75) is 32.6 Å². The summed E-state index contributed by atoms with van der Waals surface area (Å²) >= 11 is 12.2. The zero-order valence-electron chi connectivity index (χ0n) is 11.5. The molecule has 19 heavy (non-hydrogen) atoms. The largest absolute Gasteiger partial charge is 0.372 e. The molecular weight excluding hydrogens is 281 g/mol. The Morgan fingerprint density at radius 2 is 1.79 bits per heavy atom. The van der Waals surface area contributed by atoms with Gasteiger partial charge in [-0.2, -0.15) is 0 Å². The van der Waals surface area contributed by atoms with Crippen molar-refractivity contribution in [2.24, 2.45) is 11.8 Å². The van der Waals surface area contributed by atoms with Crippen molar-refractivity contribution in [1.29, 1.82) is 0 Å². The highest BCUT2D eigenvalue weighted by molar-refractivity contribution is 6.37. The van der Waals surface area contributed by atoms with Crippen LogP contribution in [-0.4, -0.2) is 18.6 Å². The van der Waals surface area contributed by atoms with Crippen LogP contribution in [0.2, 0.25) is 10.0 Å². The molecular formula is C14H21Cl2N3. The third-order valence-electron chi connectivity index (χ3n) is 3.86. The molecule has 0 spiro atoms. The van der Waals surface area contributed by atoms with Gasteiger partial charge in [0.15, 0.2) is 0 Å². The molecule has 1 aliphatic rings. The fourth-order valence-electron chi connectivity index (χ4n) is 2.54. The lowest BCUT2D eigenvalue weighted by molar-refractivity contribution is 0.300.